The molecule has 0 spiro atoms. The predicted molar refractivity (Wildman–Crippen MR) is 357 cm³/mol. The second-order valence-electron chi connectivity index (χ2n) is 20.0. The molecule has 14 rings (SSSR count). The molecule has 0 fully saturated rings. The van der Waals surface area contributed by atoms with Crippen molar-refractivity contribution in [3.63, 3.8) is 0 Å². The van der Waals surface area contributed by atoms with Crippen LogP contribution in [0, 0.1) is 19.7 Å². The SMILES string of the molecule is C=C1C=CN(Cc2ccnc(-c3cc(C)ccn3)c2)C(=O)N1.Cc1ccnc(-c2cc(Cn3cc(F)c(=O)[nH]c3=O)ccn2)c1.[Ru].[Ru].c1ccc(-c2ccccn2)nc1.c1ccc(-c2ccccn2)nc1.c1ccc(-c2ccccn2)nc1.c1ccc(-c2ccccn2)nc1. The van der Waals surface area contributed by atoms with Gasteiger partial charge in [-0.15, -0.1) is 0 Å². The Balaban J connectivity index is 0.000000164. The normalized spacial score (nSPS) is 10.7. The zero-order valence-electron chi connectivity index (χ0n) is 51.3. The number of amides is 2. The smallest absolute Gasteiger partial charge is 0.308 e. The van der Waals surface area contributed by atoms with E-state index in [1.807, 2.05) is 201 Å². The van der Waals surface area contributed by atoms with Gasteiger partial charge >= 0.3 is 11.7 Å². The third-order valence-corrected chi connectivity index (χ3v) is 13.0. The number of nitrogens with zero attached hydrogens (tertiary/aromatic N) is 14. The first kappa shape index (κ1) is 70.9. The molecule has 1 aliphatic heterocycles. The number of rotatable bonds is 10. The summed E-state index contributed by atoms with van der Waals surface area (Å²) in [5.41, 5.74) is 13.1. The Labute approximate surface area is 573 Å². The summed E-state index contributed by atoms with van der Waals surface area (Å²) < 4.78 is 14.4. The first-order valence-corrected chi connectivity index (χ1v) is 29.0. The number of carbonyl (C=O) groups excluding carboxylic acids is 1. The van der Waals surface area contributed by atoms with Gasteiger partial charge in [-0.3, -0.25) is 79.1 Å². The quantitative estimate of drug-likeness (QED) is 0.121. The molecule has 14 heterocycles. The van der Waals surface area contributed by atoms with Crippen molar-refractivity contribution in [3.8, 4) is 68.3 Å². The summed E-state index contributed by atoms with van der Waals surface area (Å²) in [5.74, 6) is -1.00. The maximum atomic E-state index is 13.3. The van der Waals surface area contributed by atoms with Gasteiger partial charge in [0.05, 0.1) is 87.6 Å². The van der Waals surface area contributed by atoms with E-state index in [1.165, 1.54) is 0 Å². The molecule has 0 radical (unpaired) electrons. The van der Waals surface area contributed by atoms with Crippen molar-refractivity contribution in [1.29, 1.82) is 0 Å². The van der Waals surface area contributed by atoms with E-state index < -0.39 is 17.1 Å². The number of nitrogens with one attached hydrogen (secondary N) is 2. The molecule has 2 amide bonds. The fourth-order valence-electron chi connectivity index (χ4n) is 8.51. The van der Waals surface area contributed by atoms with Gasteiger partial charge in [0.25, 0.3) is 5.56 Å². The van der Waals surface area contributed by atoms with Crippen molar-refractivity contribution >= 4 is 6.03 Å². The van der Waals surface area contributed by atoms with Crippen LogP contribution >= 0.6 is 0 Å². The van der Waals surface area contributed by atoms with Crippen molar-refractivity contribution in [2.45, 2.75) is 26.9 Å². The molecule has 2 N–H and O–H groups in total. The van der Waals surface area contributed by atoms with Gasteiger partial charge < -0.3 is 5.32 Å². The van der Waals surface area contributed by atoms with E-state index in [2.05, 4.69) is 71.7 Å². The van der Waals surface area contributed by atoms with E-state index in [0.29, 0.717) is 23.6 Å². The van der Waals surface area contributed by atoms with Gasteiger partial charge in [0.1, 0.15) is 0 Å². The van der Waals surface area contributed by atoms with E-state index in [9.17, 15) is 18.8 Å². The van der Waals surface area contributed by atoms with Crippen LogP contribution in [0.1, 0.15) is 22.3 Å². The molecule has 19 nitrogen and oxygen atoms in total. The Morgan fingerprint density at radius 2 is 0.674 bits per heavy atom. The van der Waals surface area contributed by atoms with Gasteiger partial charge in [0.2, 0.25) is 5.82 Å². The Morgan fingerprint density at radius 1 is 0.379 bits per heavy atom. The minimum atomic E-state index is -1.02. The topological polar surface area (TPSA) is 242 Å². The number of aromatic nitrogens is 14. The van der Waals surface area contributed by atoms with E-state index in [1.54, 1.807) is 104 Å². The number of urea groups is 1. The molecule has 95 heavy (non-hydrogen) atoms. The molecule has 0 aromatic carbocycles. The van der Waals surface area contributed by atoms with Crippen LogP contribution in [0.2, 0.25) is 0 Å². The minimum absolute atomic E-state index is 0. The summed E-state index contributed by atoms with van der Waals surface area (Å²) in [7, 11) is 0. The standard InChI is InChI=1S/C17H16N4O.C16H13FN4O2.4C10H8N2.2Ru/c1-12-3-6-18-15(9-12)16-10-14(4-7-19-16)11-21-8-5-13(2)20-17(21)22;1-10-2-4-18-13(6-10)14-7-11(3-5-19-14)8-21-9-12(17)15(22)20-16(21)23;4*1-3-7-11-9(5-1)10-6-2-4-8-12-10;;/h3-10H,2,11H2,1H3,(H,20,22);2-7,9H,8H2,1H3,(H,20,22,23);4*1-8H;;. The number of H-pyrrole nitrogens is 1. The van der Waals surface area contributed by atoms with Gasteiger partial charge in [0.15, 0.2) is 0 Å². The second kappa shape index (κ2) is 37.7. The molecule has 0 saturated heterocycles. The van der Waals surface area contributed by atoms with Crippen LogP contribution in [0.15, 0.2) is 309 Å². The summed E-state index contributed by atoms with van der Waals surface area (Å²) in [6.45, 7) is 8.27. The number of halogens is 1. The summed E-state index contributed by atoms with van der Waals surface area (Å²) in [6, 6.07) is 61.3. The fourth-order valence-corrected chi connectivity index (χ4v) is 8.51. The minimum Gasteiger partial charge on any atom is -0.308 e. The molecule has 0 bridgehead atoms. The maximum absolute atomic E-state index is 13.3. The molecule has 0 unspecified atom stereocenters. The first-order chi connectivity index (χ1) is 45.5. The second-order valence-corrected chi connectivity index (χ2v) is 20.0. The number of aryl methyl sites for hydroxylation is 2. The molecular weight excluding hydrogens is 1370 g/mol. The van der Waals surface area contributed by atoms with E-state index in [-0.39, 0.29) is 51.5 Å². The third kappa shape index (κ3) is 22.6. The largest absolute Gasteiger partial charge is 0.328 e. The van der Waals surface area contributed by atoms with Crippen molar-refractivity contribution in [1.82, 2.24) is 79.6 Å². The van der Waals surface area contributed by atoms with Crippen LogP contribution in [0.3, 0.4) is 0 Å². The van der Waals surface area contributed by atoms with E-state index >= 15 is 0 Å². The molecule has 1 aliphatic rings. The Morgan fingerprint density at radius 3 is 0.968 bits per heavy atom. The van der Waals surface area contributed by atoms with E-state index in [0.717, 1.165) is 90.0 Å². The number of aromatic amines is 1. The molecule has 0 aliphatic carbocycles. The van der Waals surface area contributed by atoms with Gasteiger partial charge in [-0.05, 0) is 188 Å². The van der Waals surface area contributed by atoms with Gasteiger partial charge in [-0.1, -0.05) is 55.1 Å². The number of hydrogen-bond acceptors (Lipinski definition) is 15. The van der Waals surface area contributed by atoms with Crippen molar-refractivity contribution in [2.75, 3.05) is 0 Å². The maximum Gasteiger partial charge on any atom is 0.328 e. The zero-order valence-corrected chi connectivity index (χ0v) is 54.8. The summed E-state index contributed by atoms with van der Waals surface area (Å²) in [6.07, 6.45) is 25.3. The number of pyridine rings is 12. The van der Waals surface area contributed by atoms with Crippen molar-refractivity contribution in [2.24, 2.45) is 0 Å². The molecule has 13 aromatic rings. The predicted octanol–water partition coefficient (Wildman–Crippen LogP) is 13.1. The molecule has 0 saturated carbocycles. The van der Waals surface area contributed by atoms with Crippen LogP contribution < -0.4 is 16.6 Å². The van der Waals surface area contributed by atoms with Crippen LogP contribution in [0.25, 0.3) is 68.3 Å². The monoisotopic (exact) mass is 1430 g/mol. The average Bonchev–Trinajstić information content (AvgIpc) is 1.85. The molecule has 474 valence electrons. The molecule has 13 aromatic heterocycles. The molecule has 22 heteroatoms. The first-order valence-electron chi connectivity index (χ1n) is 29.0. The third-order valence-electron chi connectivity index (χ3n) is 13.0. The van der Waals surface area contributed by atoms with Crippen LogP contribution in [0.4, 0.5) is 9.18 Å². The van der Waals surface area contributed by atoms with E-state index in [4.69, 9.17) is 0 Å². The average molecular weight is 1430 g/mol. The molecule has 0 atom stereocenters. The fraction of sp³-hybridized carbons (Fsp3) is 0.0548. The Kier molecular flexibility index (Phi) is 28.1. The van der Waals surface area contributed by atoms with Gasteiger partial charge in [0, 0.05) is 125 Å². The van der Waals surface area contributed by atoms with Crippen molar-refractivity contribution < 1.29 is 48.1 Å². The number of allylic oxidation sites excluding steroid dienone is 1. The van der Waals surface area contributed by atoms with Gasteiger partial charge in [-0.25, -0.2) is 9.59 Å². The van der Waals surface area contributed by atoms with Crippen LogP contribution in [0.5, 0.6) is 0 Å². The van der Waals surface area contributed by atoms with Crippen LogP contribution in [-0.2, 0) is 52.0 Å². The molecular formula is C73H61FN16O3Ru2. The zero-order chi connectivity index (χ0) is 64.8. The summed E-state index contributed by atoms with van der Waals surface area (Å²) in [4.78, 5) is 88.9. The van der Waals surface area contributed by atoms with Crippen molar-refractivity contribution in [3.05, 3.63) is 348 Å². The summed E-state index contributed by atoms with van der Waals surface area (Å²) in [5, 5.41) is 2.68. The number of carbonyl (C=O) groups is 1. The Hall–Kier alpha value is -11.6. The summed E-state index contributed by atoms with van der Waals surface area (Å²) >= 11 is 0. The van der Waals surface area contributed by atoms with Crippen LogP contribution in [-0.4, -0.2) is 80.3 Å². The number of hydrogen-bond donors (Lipinski definition) is 2. The van der Waals surface area contributed by atoms with Gasteiger partial charge in [-0.2, -0.15) is 4.39 Å². The Bertz CT molecular complexity index is 4170.